The van der Waals surface area contributed by atoms with Crippen LogP contribution in [0.25, 0.3) is 0 Å². The highest BCUT2D eigenvalue weighted by Gasteiger charge is 2.05. The van der Waals surface area contributed by atoms with Gasteiger partial charge in [0.15, 0.2) is 0 Å². The number of amides is 1. The van der Waals surface area contributed by atoms with Gasteiger partial charge in [0.25, 0.3) is 0 Å². The fraction of sp³-hybridized carbons (Fsp3) is 0.417. The molecule has 0 saturated heterocycles. The largest absolute Gasteiger partial charge is 0.508 e. The molecule has 0 aliphatic rings. The number of aliphatic hydroxyl groups excluding tert-OH is 1. The Kier molecular flexibility index (Phi) is 4.79. The summed E-state index contributed by atoms with van der Waals surface area (Å²) in [7, 11) is 0. The molecule has 0 saturated carbocycles. The number of aryl methyl sites for hydroxylation is 1. The second-order valence-corrected chi connectivity index (χ2v) is 3.78. The van der Waals surface area contributed by atoms with E-state index >= 15 is 0 Å². The minimum Gasteiger partial charge on any atom is -0.508 e. The highest BCUT2D eigenvalue weighted by molar-refractivity contribution is 5.76. The zero-order valence-corrected chi connectivity index (χ0v) is 9.31. The van der Waals surface area contributed by atoms with Gasteiger partial charge in [-0.15, -0.1) is 0 Å². The van der Waals surface area contributed by atoms with Gasteiger partial charge in [-0.25, -0.2) is 0 Å². The molecule has 1 aromatic carbocycles. The Balaban J connectivity index is 2.35. The van der Waals surface area contributed by atoms with Gasteiger partial charge in [0.1, 0.15) is 5.75 Å². The van der Waals surface area contributed by atoms with Crippen molar-refractivity contribution in [1.29, 1.82) is 0 Å². The zero-order valence-electron chi connectivity index (χ0n) is 9.31. The van der Waals surface area contributed by atoms with E-state index in [4.69, 9.17) is 5.11 Å². The number of rotatable bonds is 5. The molecule has 4 nitrogen and oxygen atoms in total. The number of aromatic hydroxyl groups is 1. The Bertz CT molecular complexity index is 350. The minimum absolute atomic E-state index is 0.121. The van der Waals surface area contributed by atoms with E-state index in [1.807, 2.05) is 6.07 Å². The Hall–Kier alpha value is -1.55. The summed E-state index contributed by atoms with van der Waals surface area (Å²) in [6, 6.07) is 6.95. The number of carbonyl (C=O) groups excluding carboxylic acids is 1. The fourth-order valence-corrected chi connectivity index (χ4v) is 1.32. The molecule has 16 heavy (non-hydrogen) atoms. The molecule has 1 atom stereocenters. The summed E-state index contributed by atoms with van der Waals surface area (Å²) in [4.78, 5) is 11.3. The van der Waals surface area contributed by atoms with Gasteiger partial charge in [-0.1, -0.05) is 18.2 Å². The lowest BCUT2D eigenvalue weighted by molar-refractivity contribution is -0.121. The van der Waals surface area contributed by atoms with Crippen LogP contribution in [0.2, 0.25) is 0 Å². The zero-order chi connectivity index (χ0) is 12.0. The van der Waals surface area contributed by atoms with Crippen molar-refractivity contribution in [2.24, 2.45) is 0 Å². The van der Waals surface area contributed by atoms with E-state index in [0.29, 0.717) is 12.8 Å². The molecule has 0 aromatic heterocycles. The maximum atomic E-state index is 11.3. The van der Waals surface area contributed by atoms with Gasteiger partial charge in [0.2, 0.25) is 5.91 Å². The summed E-state index contributed by atoms with van der Waals surface area (Å²) in [5.41, 5.74) is 0.759. The standard InChI is InChI=1S/C12H17NO3/c1-9(14)8-13-12(16)7-6-10-4-2-3-5-11(10)15/h2-5,9,14-15H,6-8H2,1H3,(H,13,16)/t9-/m1/s1. The van der Waals surface area contributed by atoms with Crippen molar-refractivity contribution in [3.63, 3.8) is 0 Å². The number of nitrogens with one attached hydrogen (secondary N) is 1. The van der Waals surface area contributed by atoms with Crippen LogP contribution in [0.3, 0.4) is 0 Å². The summed E-state index contributed by atoms with van der Waals surface area (Å²) in [6.45, 7) is 1.88. The van der Waals surface area contributed by atoms with Crippen molar-refractivity contribution >= 4 is 5.91 Å². The van der Waals surface area contributed by atoms with E-state index in [1.165, 1.54) is 0 Å². The first-order chi connectivity index (χ1) is 7.59. The van der Waals surface area contributed by atoms with E-state index in [1.54, 1.807) is 25.1 Å². The number of hydrogen-bond acceptors (Lipinski definition) is 3. The maximum Gasteiger partial charge on any atom is 0.220 e. The minimum atomic E-state index is -0.533. The third-order valence-electron chi connectivity index (χ3n) is 2.21. The van der Waals surface area contributed by atoms with E-state index in [0.717, 1.165) is 5.56 Å². The molecular weight excluding hydrogens is 206 g/mol. The lowest BCUT2D eigenvalue weighted by atomic mass is 10.1. The van der Waals surface area contributed by atoms with Gasteiger partial charge in [0.05, 0.1) is 6.10 Å². The van der Waals surface area contributed by atoms with Gasteiger partial charge in [0, 0.05) is 13.0 Å². The van der Waals surface area contributed by atoms with Crippen molar-refractivity contribution in [3.05, 3.63) is 29.8 Å². The molecule has 4 heteroatoms. The van der Waals surface area contributed by atoms with E-state index < -0.39 is 6.10 Å². The predicted octanol–water partition coefficient (Wildman–Crippen LogP) is 0.822. The molecule has 0 fully saturated rings. The number of hydrogen-bond donors (Lipinski definition) is 3. The molecule has 1 rings (SSSR count). The smallest absolute Gasteiger partial charge is 0.220 e. The predicted molar refractivity (Wildman–Crippen MR) is 61.1 cm³/mol. The van der Waals surface area contributed by atoms with Crippen LogP contribution >= 0.6 is 0 Å². The number of para-hydroxylation sites is 1. The molecule has 0 aliphatic heterocycles. The van der Waals surface area contributed by atoms with Gasteiger partial charge in [-0.2, -0.15) is 0 Å². The molecule has 1 aromatic rings. The number of phenols is 1. The Morgan fingerprint density at radius 2 is 2.12 bits per heavy atom. The molecule has 0 bridgehead atoms. The molecule has 0 unspecified atom stereocenters. The average Bonchev–Trinajstić information content (AvgIpc) is 2.25. The van der Waals surface area contributed by atoms with Crippen molar-refractivity contribution in [3.8, 4) is 5.75 Å². The van der Waals surface area contributed by atoms with Crippen LogP contribution in [0.1, 0.15) is 18.9 Å². The van der Waals surface area contributed by atoms with Crippen LogP contribution in [0.4, 0.5) is 0 Å². The highest BCUT2D eigenvalue weighted by atomic mass is 16.3. The molecule has 0 spiro atoms. The first-order valence-corrected chi connectivity index (χ1v) is 5.31. The third kappa shape index (κ3) is 4.31. The van der Waals surface area contributed by atoms with Gasteiger partial charge in [-0.3, -0.25) is 4.79 Å². The molecule has 0 heterocycles. The summed E-state index contributed by atoms with van der Waals surface area (Å²) in [6.07, 6.45) is 0.275. The first kappa shape index (κ1) is 12.5. The second kappa shape index (κ2) is 6.12. The third-order valence-corrected chi connectivity index (χ3v) is 2.21. The number of carbonyl (C=O) groups is 1. The molecule has 0 radical (unpaired) electrons. The molecule has 88 valence electrons. The summed E-state index contributed by atoms with van der Waals surface area (Å²) in [5, 5.41) is 21.0. The Labute approximate surface area is 94.9 Å². The topological polar surface area (TPSA) is 69.6 Å². The fourth-order valence-electron chi connectivity index (χ4n) is 1.32. The van der Waals surface area contributed by atoms with Crippen LogP contribution in [-0.4, -0.2) is 28.8 Å². The maximum absolute atomic E-state index is 11.3. The lowest BCUT2D eigenvalue weighted by Gasteiger charge is -2.07. The second-order valence-electron chi connectivity index (χ2n) is 3.78. The summed E-state index contributed by atoms with van der Waals surface area (Å²) < 4.78 is 0. The first-order valence-electron chi connectivity index (χ1n) is 5.31. The monoisotopic (exact) mass is 223 g/mol. The van der Waals surface area contributed by atoms with Gasteiger partial charge >= 0.3 is 0 Å². The molecule has 0 aliphatic carbocycles. The van der Waals surface area contributed by atoms with Crippen molar-refractivity contribution in [2.75, 3.05) is 6.54 Å². The van der Waals surface area contributed by atoms with Crippen LogP contribution < -0.4 is 5.32 Å². The molecular formula is C12H17NO3. The highest BCUT2D eigenvalue weighted by Crippen LogP contribution is 2.16. The van der Waals surface area contributed by atoms with E-state index in [9.17, 15) is 9.90 Å². The normalized spacial score (nSPS) is 12.1. The van der Waals surface area contributed by atoms with Crippen molar-refractivity contribution in [2.45, 2.75) is 25.9 Å². The van der Waals surface area contributed by atoms with Gasteiger partial charge in [-0.05, 0) is 25.0 Å². The van der Waals surface area contributed by atoms with Crippen molar-refractivity contribution in [1.82, 2.24) is 5.32 Å². The SMILES string of the molecule is C[C@@H](O)CNC(=O)CCc1ccccc1O. The summed E-state index contributed by atoms with van der Waals surface area (Å²) >= 11 is 0. The quantitative estimate of drug-likeness (QED) is 0.692. The average molecular weight is 223 g/mol. The van der Waals surface area contributed by atoms with Gasteiger partial charge < -0.3 is 15.5 Å². The van der Waals surface area contributed by atoms with Crippen LogP contribution in [0.15, 0.2) is 24.3 Å². The van der Waals surface area contributed by atoms with Crippen LogP contribution in [-0.2, 0) is 11.2 Å². The number of phenolic OH excluding ortho intramolecular Hbond substituents is 1. The summed E-state index contributed by atoms with van der Waals surface area (Å²) in [5.74, 6) is 0.0926. The van der Waals surface area contributed by atoms with E-state index in [2.05, 4.69) is 5.32 Å². The molecule has 1 amide bonds. The van der Waals surface area contributed by atoms with Crippen molar-refractivity contribution < 1.29 is 15.0 Å². The Morgan fingerprint density at radius 3 is 2.75 bits per heavy atom. The molecule has 3 N–H and O–H groups in total. The number of aliphatic hydroxyl groups is 1. The van der Waals surface area contributed by atoms with Crippen LogP contribution in [0.5, 0.6) is 5.75 Å². The van der Waals surface area contributed by atoms with Crippen LogP contribution in [0, 0.1) is 0 Å². The number of benzene rings is 1. The Morgan fingerprint density at radius 1 is 1.44 bits per heavy atom. The lowest BCUT2D eigenvalue weighted by Crippen LogP contribution is -2.30. The van der Waals surface area contributed by atoms with E-state index in [-0.39, 0.29) is 18.2 Å².